The third-order valence-corrected chi connectivity index (χ3v) is 4.33. The molecule has 1 aliphatic heterocycles. The van der Waals surface area contributed by atoms with E-state index in [0.717, 1.165) is 6.26 Å². The highest BCUT2D eigenvalue weighted by Gasteiger charge is 2.42. The number of ether oxygens (including phenoxy) is 2. The summed E-state index contributed by atoms with van der Waals surface area (Å²) in [6, 6.07) is 8.19. The zero-order valence-electron chi connectivity index (χ0n) is 15.2. The molecule has 28 heavy (non-hydrogen) atoms. The van der Waals surface area contributed by atoms with Gasteiger partial charge in [0, 0.05) is 5.92 Å². The van der Waals surface area contributed by atoms with Crippen LogP contribution >= 0.6 is 0 Å². The van der Waals surface area contributed by atoms with Gasteiger partial charge in [0.2, 0.25) is 0 Å². The fraction of sp³-hybridized carbons (Fsp3) is 0.389. The van der Waals surface area contributed by atoms with Crippen molar-refractivity contribution >= 4 is 28.3 Å². The van der Waals surface area contributed by atoms with E-state index in [1.165, 1.54) is 12.3 Å². The second kappa shape index (κ2) is 10.00. The third kappa shape index (κ3) is 6.78. The smallest absolute Gasteiger partial charge is 0.338 e. The molecule has 1 fully saturated rings. The predicted molar refractivity (Wildman–Crippen MR) is 99.1 cm³/mol. The molecule has 1 aliphatic rings. The predicted octanol–water partition coefficient (Wildman–Crippen LogP) is 1.31. The van der Waals surface area contributed by atoms with Crippen molar-refractivity contribution in [3.8, 4) is 0 Å². The molecule has 9 nitrogen and oxygen atoms in total. The molecule has 152 valence electrons. The van der Waals surface area contributed by atoms with Gasteiger partial charge in [0.15, 0.2) is 0 Å². The molecule has 0 amide bonds. The molecule has 0 aromatic heterocycles. The van der Waals surface area contributed by atoms with Gasteiger partial charge in [-0.15, -0.1) is 0 Å². The molecule has 0 radical (unpaired) electrons. The van der Waals surface area contributed by atoms with Crippen LogP contribution in [0.25, 0.3) is 0 Å². The lowest BCUT2D eigenvalue weighted by Crippen LogP contribution is -2.37. The first-order valence-corrected chi connectivity index (χ1v) is 10.2. The van der Waals surface area contributed by atoms with Crippen LogP contribution in [0, 0.1) is 5.92 Å². The van der Waals surface area contributed by atoms with Crippen molar-refractivity contribution in [3.63, 3.8) is 0 Å². The lowest BCUT2D eigenvalue weighted by molar-refractivity contribution is -0.139. The second-order valence-electron chi connectivity index (χ2n) is 5.96. The first-order valence-electron chi connectivity index (χ1n) is 8.36. The molecule has 10 heteroatoms. The SMILES string of the molecule is C=CCO/N=C/[C@@H]1OC(=O)C[C@@H]1[C@H](COC(=O)c1ccccc1)OS(C)(=O)=O. The van der Waals surface area contributed by atoms with Crippen LogP contribution in [0.5, 0.6) is 0 Å². The van der Waals surface area contributed by atoms with Crippen molar-refractivity contribution in [2.75, 3.05) is 19.5 Å². The Bertz CT molecular complexity index is 821. The molecular weight excluding hydrogens is 390 g/mol. The topological polar surface area (TPSA) is 118 Å². The average molecular weight is 411 g/mol. The molecule has 0 unspecified atom stereocenters. The van der Waals surface area contributed by atoms with E-state index in [4.69, 9.17) is 18.5 Å². The van der Waals surface area contributed by atoms with E-state index in [1.807, 2.05) is 0 Å². The summed E-state index contributed by atoms with van der Waals surface area (Å²) in [5.74, 6) is -1.93. The number of esters is 2. The maximum absolute atomic E-state index is 12.1. The highest BCUT2D eigenvalue weighted by atomic mass is 32.2. The van der Waals surface area contributed by atoms with Crippen molar-refractivity contribution in [1.82, 2.24) is 0 Å². The second-order valence-corrected chi connectivity index (χ2v) is 7.57. The molecule has 0 aliphatic carbocycles. The van der Waals surface area contributed by atoms with Gasteiger partial charge in [0.1, 0.15) is 25.4 Å². The van der Waals surface area contributed by atoms with Crippen molar-refractivity contribution in [2.24, 2.45) is 11.1 Å². The van der Waals surface area contributed by atoms with Crippen LogP contribution in [0.3, 0.4) is 0 Å². The van der Waals surface area contributed by atoms with Crippen molar-refractivity contribution in [2.45, 2.75) is 18.6 Å². The van der Waals surface area contributed by atoms with Crippen LogP contribution in [-0.4, -0.2) is 58.2 Å². The molecule has 3 atom stereocenters. The molecule has 2 rings (SSSR count). The van der Waals surface area contributed by atoms with Crippen LogP contribution in [0.15, 0.2) is 48.1 Å². The summed E-state index contributed by atoms with van der Waals surface area (Å²) in [7, 11) is -3.89. The van der Waals surface area contributed by atoms with Gasteiger partial charge in [-0.05, 0) is 12.1 Å². The number of hydrogen-bond donors (Lipinski definition) is 0. The number of benzene rings is 1. The van der Waals surface area contributed by atoms with Gasteiger partial charge < -0.3 is 14.3 Å². The third-order valence-electron chi connectivity index (χ3n) is 3.73. The Balaban J connectivity index is 2.11. The quantitative estimate of drug-likeness (QED) is 0.141. The van der Waals surface area contributed by atoms with Crippen LogP contribution in [0.4, 0.5) is 0 Å². The fourth-order valence-electron chi connectivity index (χ4n) is 2.54. The van der Waals surface area contributed by atoms with E-state index in [1.54, 1.807) is 30.3 Å². The number of oxime groups is 1. The first-order chi connectivity index (χ1) is 13.3. The first kappa shape index (κ1) is 21.6. The zero-order chi connectivity index (χ0) is 20.6. The molecule has 0 N–H and O–H groups in total. The highest BCUT2D eigenvalue weighted by molar-refractivity contribution is 7.86. The minimum Gasteiger partial charge on any atom is -0.459 e. The summed E-state index contributed by atoms with van der Waals surface area (Å²) in [4.78, 5) is 28.7. The zero-order valence-corrected chi connectivity index (χ0v) is 16.0. The summed E-state index contributed by atoms with van der Waals surface area (Å²) in [6.45, 7) is 3.24. The lowest BCUT2D eigenvalue weighted by atomic mass is 9.96. The van der Waals surface area contributed by atoms with Gasteiger partial charge in [0.05, 0.1) is 24.5 Å². The standard InChI is InChI=1S/C18H21NO8S/c1-3-9-25-19-11-15-14(10-17(20)26-15)16(27-28(2,22)23)12-24-18(21)13-7-5-4-6-8-13/h3-8,11,14-16H,1,9-10,12H2,2H3/b19-11+/t14-,15-,16-/m0/s1. The Labute approximate surface area is 163 Å². The Morgan fingerprint density at radius 3 is 2.75 bits per heavy atom. The summed E-state index contributed by atoms with van der Waals surface area (Å²) >= 11 is 0. The summed E-state index contributed by atoms with van der Waals surface area (Å²) in [5, 5.41) is 3.66. The average Bonchev–Trinajstić information content (AvgIpc) is 3.02. The van der Waals surface area contributed by atoms with Crippen LogP contribution in [0.1, 0.15) is 16.8 Å². The Kier molecular flexibility index (Phi) is 7.70. The molecule has 1 aromatic carbocycles. The number of cyclic esters (lactones) is 1. The summed E-state index contributed by atoms with van der Waals surface area (Å²) < 4.78 is 38.7. The molecular formula is C18H21NO8S. The van der Waals surface area contributed by atoms with Gasteiger partial charge in [0.25, 0.3) is 10.1 Å². The summed E-state index contributed by atoms with van der Waals surface area (Å²) in [5.41, 5.74) is 0.301. The Morgan fingerprint density at radius 2 is 2.11 bits per heavy atom. The fourth-order valence-corrected chi connectivity index (χ4v) is 3.19. The van der Waals surface area contributed by atoms with Crippen molar-refractivity contribution < 1.29 is 36.5 Å². The highest BCUT2D eigenvalue weighted by Crippen LogP contribution is 2.28. The number of hydrogen-bond acceptors (Lipinski definition) is 9. The van der Waals surface area contributed by atoms with E-state index < -0.39 is 40.2 Å². The minimum atomic E-state index is -3.89. The normalized spacial score (nSPS) is 20.5. The molecule has 1 heterocycles. The number of nitrogens with zero attached hydrogens (tertiary/aromatic N) is 1. The maximum Gasteiger partial charge on any atom is 0.338 e. The van der Waals surface area contributed by atoms with Gasteiger partial charge in [-0.25, -0.2) is 4.79 Å². The van der Waals surface area contributed by atoms with E-state index in [2.05, 4.69) is 11.7 Å². The Morgan fingerprint density at radius 1 is 1.39 bits per heavy atom. The molecule has 1 saturated heterocycles. The molecule has 0 bridgehead atoms. The van der Waals surface area contributed by atoms with Crippen molar-refractivity contribution in [1.29, 1.82) is 0 Å². The van der Waals surface area contributed by atoms with Crippen LogP contribution in [-0.2, 0) is 33.4 Å². The van der Waals surface area contributed by atoms with Crippen LogP contribution < -0.4 is 0 Å². The van der Waals surface area contributed by atoms with E-state index in [9.17, 15) is 18.0 Å². The largest absolute Gasteiger partial charge is 0.459 e. The molecule has 0 saturated carbocycles. The van der Waals surface area contributed by atoms with Gasteiger partial charge >= 0.3 is 11.9 Å². The van der Waals surface area contributed by atoms with Crippen LogP contribution in [0.2, 0.25) is 0 Å². The van der Waals surface area contributed by atoms with Crippen molar-refractivity contribution in [3.05, 3.63) is 48.6 Å². The van der Waals surface area contributed by atoms with Gasteiger partial charge in [-0.3, -0.25) is 8.98 Å². The van der Waals surface area contributed by atoms with Gasteiger partial charge in [-0.1, -0.05) is 36.0 Å². The maximum atomic E-state index is 12.1. The van der Waals surface area contributed by atoms with Gasteiger partial charge in [-0.2, -0.15) is 8.42 Å². The monoisotopic (exact) mass is 411 g/mol. The van der Waals surface area contributed by atoms with E-state index in [0.29, 0.717) is 5.56 Å². The van der Waals surface area contributed by atoms with E-state index in [-0.39, 0.29) is 19.6 Å². The Hall–Kier alpha value is -2.72. The number of rotatable bonds is 10. The number of carbonyl (C=O) groups excluding carboxylic acids is 2. The summed E-state index contributed by atoms with van der Waals surface area (Å²) in [6.07, 6.45) is 1.43. The van der Waals surface area contributed by atoms with E-state index >= 15 is 0 Å². The number of carbonyl (C=O) groups is 2. The molecule has 0 spiro atoms. The minimum absolute atomic E-state index is 0.124. The molecule has 1 aromatic rings. The lowest BCUT2D eigenvalue weighted by Gasteiger charge is -2.23.